The molecule has 2 rings (SSSR count). The quantitative estimate of drug-likeness (QED) is 0.335. The summed E-state index contributed by atoms with van der Waals surface area (Å²) in [5.74, 6) is -0.577. The topological polar surface area (TPSA) is 69.4 Å². The average Bonchev–Trinajstić information content (AvgIpc) is 2.56. The molecule has 0 fully saturated rings. The van der Waals surface area contributed by atoms with Crippen LogP contribution in [0.25, 0.3) is 0 Å². The van der Waals surface area contributed by atoms with Gasteiger partial charge in [-0.1, -0.05) is 48.5 Å². The lowest BCUT2D eigenvalue weighted by Crippen LogP contribution is -2.32. The summed E-state index contributed by atoms with van der Waals surface area (Å²) < 4.78 is 5.06. The number of rotatable bonds is 7. The molecule has 0 saturated carbocycles. The lowest BCUT2D eigenvalue weighted by atomic mass is 10.0. The predicted octanol–water partition coefficient (Wildman–Crippen LogP) is 3.73. The highest BCUT2D eigenvalue weighted by Gasteiger charge is 2.40. The van der Waals surface area contributed by atoms with Crippen molar-refractivity contribution in [3.05, 3.63) is 76.3 Å². The molecule has 0 heterocycles. The Balaban J connectivity index is 2.37. The van der Waals surface area contributed by atoms with Gasteiger partial charge in [0, 0.05) is 15.4 Å². The third-order valence-corrected chi connectivity index (χ3v) is 4.43. The lowest BCUT2D eigenvalue weighted by molar-refractivity contribution is -0.526. The summed E-state index contributed by atoms with van der Waals surface area (Å²) in [6.45, 7) is 1.87. The van der Waals surface area contributed by atoms with Gasteiger partial charge >= 0.3 is 5.97 Å². The first-order valence-electron chi connectivity index (χ1n) is 7.20. The Morgan fingerprint density at radius 3 is 2.22 bits per heavy atom. The molecular formula is C17H17NO4S. The van der Waals surface area contributed by atoms with E-state index in [4.69, 9.17) is 4.74 Å². The van der Waals surface area contributed by atoms with Crippen molar-refractivity contribution in [1.29, 1.82) is 0 Å². The van der Waals surface area contributed by atoms with E-state index in [2.05, 4.69) is 0 Å². The Bertz CT molecular complexity index is 648. The van der Waals surface area contributed by atoms with Crippen molar-refractivity contribution in [1.82, 2.24) is 0 Å². The zero-order valence-electron chi connectivity index (χ0n) is 12.6. The SMILES string of the molecule is CCOC(=O)C(Sc1ccccc1)C(c1ccccc1)[N+](=O)[O-]. The highest BCUT2D eigenvalue weighted by Crippen LogP contribution is 2.35. The summed E-state index contributed by atoms with van der Waals surface area (Å²) in [4.78, 5) is 24.3. The number of carbonyl (C=O) groups excluding carboxylic acids is 1. The Hall–Kier alpha value is -2.34. The van der Waals surface area contributed by atoms with Crippen LogP contribution in [0.1, 0.15) is 18.5 Å². The van der Waals surface area contributed by atoms with E-state index in [1.807, 2.05) is 30.3 Å². The van der Waals surface area contributed by atoms with Crippen molar-refractivity contribution in [2.45, 2.75) is 23.1 Å². The highest BCUT2D eigenvalue weighted by molar-refractivity contribution is 8.00. The van der Waals surface area contributed by atoms with Crippen LogP contribution in [0.5, 0.6) is 0 Å². The van der Waals surface area contributed by atoms with Crippen LogP contribution in [0.2, 0.25) is 0 Å². The first-order chi connectivity index (χ1) is 11.1. The molecule has 120 valence electrons. The standard InChI is InChI=1S/C17H17NO4S/c1-2-22-17(19)16(23-14-11-7-4-8-12-14)15(18(20)21)13-9-5-3-6-10-13/h3-12,15-16H,2H2,1H3. The summed E-state index contributed by atoms with van der Waals surface area (Å²) in [6, 6.07) is 16.5. The third kappa shape index (κ3) is 4.56. The molecular weight excluding hydrogens is 314 g/mol. The van der Waals surface area contributed by atoms with Gasteiger partial charge in [0.25, 0.3) is 6.04 Å². The van der Waals surface area contributed by atoms with E-state index >= 15 is 0 Å². The van der Waals surface area contributed by atoms with Crippen LogP contribution in [0.15, 0.2) is 65.6 Å². The minimum absolute atomic E-state index is 0.184. The minimum atomic E-state index is -1.17. The molecule has 2 aromatic rings. The van der Waals surface area contributed by atoms with E-state index in [0.29, 0.717) is 5.56 Å². The minimum Gasteiger partial charge on any atom is -0.465 e. The van der Waals surface area contributed by atoms with Gasteiger partial charge in [-0.2, -0.15) is 0 Å². The summed E-state index contributed by atoms with van der Waals surface area (Å²) >= 11 is 1.15. The maximum absolute atomic E-state index is 12.3. The summed E-state index contributed by atoms with van der Waals surface area (Å²) in [7, 11) is 0. The van der Waals surface area contributed by atoms with Gasteiger partial charge < -0.3 is 4.74 Å². The monoisotopic (exact) mass is 331 g/mol. The molecule has 0 bridgehead atoms. The fraction of sp³-hybridized carbons (Fsp3) is 0.235. The number of benzene rings is 2. The van der Waals surface area contributed by atoms with Crippen LogP contribution in [0.3, 0.4) is 0 Å². The zero-order valence-corrected chi connectivity index (χ0v) is 13.4. The molecule has 0 amide bonds. The first-order valence-corrected chi connectivity index (χ1v) is 8.08. The van der Waals surface area contributed by atoms with Gasteiger partial charge in [0.2, 0.25) is 0 Å². The van der Waals surface area contributed by atoms with Crippen molar-refractivity contribution in [2.24, 2.45) is 0 Å². The number of hydrogen-bond donors (Lipinski definition) is 0. The van der Waals surface area contributed by atoms with Crippen molar-refractivity contribution < 1.29 is 14.5 Å². The molecule has 0 aliphatic rings. The summed E-state index contributed by atoms with van der Waals surface area (Å²) in [6.07, 6.45) is 0. The van der Waals surface area contributed by atoms with Crippen molar-refractivity contribution in [3.63, 3.8) is 0 Å². The van der Waals surface area contributed by atoms with Crippen LogP contribution >= 0.6 is 11.8 Å². The lowest BCUT2D eigenvalue weighted by Gasteiger charge is -2.19. The van der Waals surface area contributed by atoms with E-state index in [1.165, 1.54) is 0 Å². The molecule has 0 radical (unpaired) electrons. The van der Waals surface area contributed by atoms with E-state index in [1.54, 1.807) is 37.3 Å². The van der Waals surface area contributed by atoms with E-state index in [9.17, 15) is 14.9 Å². The number of esters is 1. The Morgan fingerprint density at radius 1 is 1.13 bits per heavy atom. The second-order valence-corrected chi connectivity index (χ2v) is 5.96. The fourth-order valence-corrected chi connectivity index (χ4v) is 3.33. The zero-order chi connectivity index (χ0) is 16.7. The molecule has 5 nitrogen and oxygen atoms in total. The van der Waals surface area contributed by atoms with Gasteiger partial charge in [0.05, 0.1) is 6.61 Å². The van der Waals surface area contributed by atoms with Crippen LogP contribution < -0.4 is 0 Å². The number of nitrogens with zero attached hydrogens (tertiary/aromatic N) is 1. The highest BCUT2D eigenvalue weighted by atomic mass is 32.2. The third-order valence-electron chi connectivity index (χ3n) is 3.18. The van der Waals surface area contributed by atoms with Crippen molar-refractivity contribution in [2.75, 3.05) is 6.61 Å². The fourth-order valence-electron chi connectivity index (χ4n) is 2.17. The smallest absolute Gasteiger partial charge is 0.326 e. The van der Waals surface area contributed by atoms with Crippen LogP contribution in [-0.4, -0.2) is 22.7 Å². The molecule has 2 aromatic carbocycles. The van der Waals surface area contributed by atoms with E-state index in [-0.39, 0.29) is 6.61 Å². The molecule has 0 aromatic heterocycles. The van der Waals surface area contributed by atoms with Crippen LogP contribution in [0, 0.1) is 10.1 Å². The van der Waals surface area contributed by atoms with Crippen LogP contribution in [0.4, 0.5) is 0 Å². The maximum atomic E-state index is 12.3. The van der Waals surface area contributed by atoms with Crippen molar-refractivity contribution >= 4 is 17.7 Å². The molecule has 0 aliphatic carbocycles. The number of hydrogen-bond acceptors (Lipinski definition) is 5. The number of thioether (sulfide) groups is 1. The normalized spacial score (nSPS) is 13.1. The first kappa shape index (κ1) is 17.0. The van der Waals surface area contributed by atoms with Gasteiger partial charge in [0.1, 0.15) is 0 Å². The molecule has 2 atom stereocenters. The van der Waals surface area contributed by atoms with E-state index < -0.39 is 22.2 Å². The number of carbonyl (C=O) groups is 1. The number of nitro groups is 1. The second kappa shape index (κ2) is 8.33. The Kier molecular flexibility index (Phi) is 6.17. The molecule has 0 aliphatic heterocycles. The molecule has 0 N–H and O–H groups in total. The second-order valence-electron chi connectivity index (χ2n) is 4.74. The molecule has 6 heteroatoms. The number of ether oxygens (including phenoxy) is 1. The molecule has 0 spiro atoms. The molecule has 2 unspecified atom stereocenters. The largest absolute Gasteiger partial charge is 0.465 e. The van der Waals surface area contributed by atoms with Gasteiger partial charge in [-0.15, -0.1) is 11.8 Å². The maximum Gasteiger partial charge on any atom is 0.326 e. The average molecular weight is 331 g/mol. The summed E-state index contributed by atoms with van der Waals surface area (Å²) in [5, 5.41) is 10.7. The van der Waals surface area contributed by atoms with Gasteiger partial charge in [-0.05, 0) is 19.1 Å². The van der Waals surface area contributed by atoms with E-state index in [0.717, 1.165) is 16.7 Å². The molecule has 23 heavy (non-hydrogen) atoms. The Morgan fingerprint density at radius 2 is 1.70 bits per heavy atom. The predicted molar refractivity (Wildman–Crippen MR) is 88.9 cm³/mol. The Labute approximate surface area is 138 Å². The summed E-state index contributed by atoms with van der Waals surface area (Å²) in [5.41, 5.74) is 0.485. The van der Waals surface area contributed by atoms with Crippen LogP contribution in [-0.2, 0) is 9.53 Å². The molecule has 0 saturated heterocycles. The van der Waals surface area contributed by atoms with Gasteiger partial charge in [0.15, 0.2) is 5.25 Å². The van der Waals surface area contributed by atoms with Gasteiger partial charge in [-0.25, -0.2) is 0 Å². The van der Waals surface area contributed by atoms with Crippen molar-refractivity contribution in [3.8, 4) is 0 Å². The van der Waals surface area contributed by atoms with Gasteiger partial charge in [-0.3, -0.25) is 14.9 Å².